The highest BCUT2D eigenvalue weighted by atomic mass is 32.2. The highest BCUT2D eigenvalue weighted by Crippen LogP contribution is 2.67. The molecule has 0 aliphatic heterocycles. The van der Waals surface area contributed by atoms with Crippen molar-refractivity contribution >= 4 is 21.7 Å². The zero-order chi connectivity index (χ0) is 21.2. The number of hydrogen-bond acceptors (Lipinski definition) is 6. The SMILES string of the molecule is CC12CCC(=O)C[C@@H]1CCC1C3CCC(C(=O)COS(C)(=O)=O)[C@@]3(C)C[C@H](O)[C@@H]12. The molecule has 6 nitrogen and oxygen atoms in total. The van der Waals surface area contributed by atoms with Gasteiger partial charge in [-0.1, -0.05) is 13.8 Å². The molecular formula is C22H34O6S. The molecule has 0 amide bonds. The fourth-order valence-corrected chi connectivity index (χ4v) is 8.30. The third-order valence-electron chi connectivity index (χ3n) is 9.21. The average molecular weight is 427 g/mol. The maximum Gasteiger partial charge on any atom is 0.264 e. The third kappa shape index (κ3) is 3.51. The maximum atomic E-state index is 12.8. The Labute approximate surface area is 173 Å². The first-order valence-corrected chi connectivity index (χ1v) is 12.8. The summed E-state index contributed by atoms with van der Waals surface area (Å²) in [7, 11) is -3.65. The quantitative estimate of drug-likeness (QED) is 0.694. The van der Waals surface area contributed by atoms with Gasteiger partial charge in [0.2, 0.25) is 0 Å². The number of hydrogen-bond donors (Lipinski definition) is 1. The van der Waals surface area contributed by atoms with Crippen LogP contribution in [0.5, 0.6) is 0 Å². The van der Waals surface area contributed by atoms with E-state index in [1.54, 1.807) is 0 Å². The van der Waals surface area contributed by atoms with E-state index in [0.717, 1.165) is 38.4 Å². The topological polar surface area (TPSA) is 97.7 Å². The van der Waals surface area contributed by atoms with Gasteiger partial charge in [-0.05, 0) is 73.0 Å². The van der Waals surface area contributed by atoms with Gasteiger partial charge in [0, 0.05) is 18.8 Å². The van der Waals surface area contributed by atoms with E-state index in [1.165, 1.54) is 0 Å². The van der Waals surface area contributed by atoms with Crippen molar-refractivity contribution in [2.24, 2.45) is 40.4 Å². The molecule has 4 aliphatic rings. The predicted octanol–water partition coefficient (Wildman–Crippen LogP) is 2.73. The van der Waals surface area contributed by atoms with Crippen molar-refractivity contribution in [3.05, 3.63) is 0 Å². The molecule has 4 unspecified atom stereocenters. The normalized spacial score (nSPS) is 47.2. The number of aliphatic hydroxyl groups is 1. The number of rotatable bonds is 4. The molecule has 0 aromatic rings. The molecule has 29 heavy (non-hydrogen) atoms. The minimum atomic E-state index is -3.65. The number of Topliss-reactive ketones (excluding diaryl/α,β-unsaturated/α-hetero) is 2. The van der Waals surface area contributed by atoms with E-state index in [9.17, 15) is 23.1 Å². The van der Waals surface area contributed by atoms with Gasteiger partial charge >= 0.3 is 0 Å². The molecule has 164 valence electrons. The van der Waals surface area contributed by atoms with Crippen LogP contribution in [0.2, 0.25) is 0 Å². The van der Waals surface area contributed by atoms with Crippen molar-refractivity contribution in [2.45, 2.75) is 71.3 Å². The van der Waals surface area contributed by atoms with Crippen LogP contribution in [0.4, 0.5) is 0 Å². The van der Waals surface area contributed by atoms with Crippen LogP contribution >= 0.6 is 0 Å². The van der Waals surface area contributed by atoms with Gasteiger partial charge in [0.1, 0.15) is 12.4 Å². The molecule has 4 fully saturated rings. The maximum absolute atomic E-state index is 12.8. The molecular weight excluding hydrogens is 392 g/mol. The van der Waals surface area contributed by atoms with E-state index in [4.69, 9.17) is 4.18 Å². The van der Waals surface area contributed by atoms with Gasteiger partial charge < -0.3 is 5.11 Å². The Balaban J connectivity index is 1.57. The van der Waals surface area contributed by atoms with Crippen molar-refractivity contribution in [1.82, 2.24) is 0 Å². The lowest BCUT2D eigenvalue weighted by atomic mass is 9.44. The molecule has 4 aliphatic carbocycles. The number of fused-ring (bicyclic) bond motifs is 5. The zero-order valence-corrected chi connectivity index (χ0v) is 18.5. The Kier molecular flexibility index (Phi) is 5.27. The van der Waals surface area contributed by atoms with Gasteiger partial charge in [-0.3, -0.25) is 13.8 Å². The Morgan fingerprint density at radius 2 is 1.90 bits per heavy atom. The molecule has 1 N–H and O–H groups in total. The number of aliphatic hydroxyl groups excluding tert-OH is 1. The summed E-state index contributed by atoms with van der Waals surface area (Å²) in [4.78, 5) is 24.9. The second-order valence-electron chi connectivity index (χ2n) is 10.7. The smallest absolute Gasteiger partial charge is 0.264 e. The average Bonchev–Trinajstić information content (AvgIpc) is 2.96. The second-order valence-corrected chi connectivity index (χ2v) is 12.3. The van der Waals surface area contributed by atoms with Crippen LogP contribution in [0.15, 0.2) is 0 Å². The zero-order valence-electron chi connectivity index (χ0n) is 17.7. The van der Waals surface area contributed by atoms with Crippen LogP contribution in [0.25, 0.3) is 0 Å². The molecule has 0 bridgehead atoms. The van der Waals surface area contributed by atoms with Gasteiger partial charge in [-0.25, -0.2) is 0 Å². The highest BCUT2D eigenvalue weighted by Gasteiger charge is 2.63. The van der Waals surface area contributed by atoms with Gasteiger partial charge in [0.15, 0.2) is 5.78 Å². The summed E-state index contributed by atoms with van der Waals surface area (Å²) in [6.45, 7) is 3.99. The van der Waals surface area contributed by atoms with Crippen LogP contribution in [0.3, 0.4) is 0 Å². The minimum absolute atomic E-state index is 0.000924. The van der Waals surface area contributed by atoms with E-state index in [2.05, 4.69) is 13.8 Å². The lowest BCUT2D eigenvalue weighted by Gasteiger charge is -2.61. The predicted molar refractivity (Wildman–Crippen MR) is 107 cm³/mol. The van der Waals surface area contributed by atoms with Crippen molar-refractivity contribution in [3.63, 3.8) is 0 Å². The van der Waals surface area contributed by atoms with E-state index < -0.39 is 22.8 Å². The second kappa shape index (κ2) is 7.13. The standard InChI is InChI=1S/C22H34O6S/c1-21-9-8-14(23)10-13(21)4-5-15-16-6-7-17(19(25)12-28-29(3,26)27)22(16,2)11-18(24)20(15)21/h13,15-18,20,24H,4-12H2,1-3H3/t13-,15?,16?,17?,18-,20+,21?,22-/m0/s1. The van der Waals surface area contributed by atoms with E-state index >= 15 is 0 Å². The van der Waals surface area contributed by atoms with Crippen LogP contribution < -0.4 is 0 Å². The summed E-state index contributed by atoms with van der Waals surface area (Å²) in [6.07, 6.45) is 6.91. The van der Waals surface area contributed by atoms with E-state index in [1.807, 2.05) is 0 Å². The largest absolute Gasteiger partial charge is 0.393 e. The molecule has 0 radical (unpaired) electrons. The summed E-state index contributed by atoms with van der Waals surface area (Å²) in [6, 6.07) is 0. The number of ketones is 2. The van der Waals surface area contributed by atoms with Crippen LogP contribution in [0.1, 0.15) is 65.2 Å². The highest BCUT2D eigenvalue weighted by molar-refractivity contribution is 7.86. The summed E-state index contributed by atoms with van der Waals surface area (Å²) >= 11 is 0. The molecule has 0 saturated heterocycles. The number of carbonyl (C=O) groups is 2. The van der Waals surface area contributed by atoms with Gasteiger partial charge in [-0.2, -0.15) is 8.42 Å². The molecule has 0 heterocycles. The fraction of sp³-hybridized carbons (Fsp3) is 0.909. The van der Waals surface area contributed by atoms with E-state index in [0.29, 0.717) is 42.8 Å². The van der Waals surface area contributed by atoms with Gasteiger partial charge in [0.25, 0.3) is 10.1 Å². The summed E-state index contributed by atoms with van der Waals surface area (Å²) in [5.74, 6) is 1.22. The van der Waals surface area contributed by atoms with Crippen molar-refractivity contribution < 1.29 is 27.3 Å². The first-order chi connectivity index (χ1) is 13.5. The molecule has 4 saturated carbocycles. The minimum Gasteiger partial charge on any atom is -0.393 e. The third-order valence-corrected chi connectivity index (χ3v) is 9.76. The molecule has 8 atom stereocenters. The molecule has 0 aromatic carbocycles. The molecule has 7 heteroatoms. The summed E-state index contributed by atoms with van der Waals surface area (Å²) in [5.41, 5.74) is -0.314. The molecule has 0 aromatic heterocycles. The van der Waals surface area contributed by atoms with E-state index in [-0.39, 0.29) is 28.4 Å². The molecule has 0 spiro atoms. The van der Waals surface area contributed by atoms with Crippen LogP contribution in [-0.2, 0) is 23.9 Å². The Morgan fingerprint density at radius 1 is 1.17 bits per heavy atom. The van der Waals surface area contributed by atoms with Gasteiger partial charge in [-0.15, -0.1) is 0 Å². The lowest BCUT2D eigenvalue weighted by Crippen LogP contribution is -2.59. The first kappa shape index (κ1) is 21.4. The Hall–Kier alpha value is -0.790. The Bertz CT molecular complexity index is 806. The molecule has 4 rings (SSSR count). The lowest BCUT2D eigenvalue weighted by molar-refractivity contribution is -0.174. The van der Waals surface area contributed by atoms with Crippen molar-refractivity contribution in [3.8, 4) is 0 Å². The summed E-state index contributed by atoms with van der Waals surface area (Å²) in [5, 5.41) is 11.3. The van der Waals surface area contributed by atoms with Crippen LogP contribution in [-0.4, -0.2) is 44.1 Å². The van der Waals surface area contributed by atoms with Crippen molar-refractivity contribution in [1.29, 1.82) is 0 Å². The fourth-order valence-electron chi connectivity index (χ4n) is 7.97. The summed E-state index contributed by atoms with van der Waals surface area (Å²) < 4.78 is 27.4. The first-order valence-electron chi connectivity index (χ1n) is 11.0. The monoisotopic (exact) mass is 426 g/mol. The van der Waals surface area contributed by atoms with Gasteiger partial charge in [0.05, 0.1) is 12.4 Å². The van der Waals surface area contributed by atoms with Crippen LogP contribution in [0, 0.1) is 40.4 Å². The van der Waals surface area contributed by atoms with Crippen molar-refractivity contribution in [2.75, 3.05) is 12.9 Å². The number of carbonyl (C=O) groups excluding carboxylic acids is 2. The Morgan fingerprint density at radius 3 is 2.59 bits per heavy atom.